The first kappa shape index (κ1) is 15.2. The number of carbonyl (C=O) groups is 2. The Morgan fingerprint density at radius 3 is 2.23 bits per heavy atom. The van der Waals surface area contributed by atoms with Crippen LogP contribution in [-0.4, -0.2) is 28.4 Å². The smallest absolute Gasteiger partial charge is 0.229 e. The number of nitrogens with zero attached hydrogens (tertiary/aromatic N) is 1. The molecule has 1 spiro atoms. The van der Waals surface area contributed by atoms with Crippen LogP contribution in [0.5, 0.6) is 0 Å². The van der Waals surface area contributed by atoms with Crippen LogP contribution in [0.3, 0.4) is 0 Å². The average molecular weight is 301 g/mol. The molecule has 1 saturated heterocycles. The van der Waals surface area contributed by atoms with E-state index < -0.39 is 6.10 Å². The largest absolute Gasteiger partial charge is 0.388 e. The third kappa shape index (κ3) is 3.07. The number of aliphatic hydroxyl groups is 1. The van der Waals surface area contributed by atoms with Gasteiger partial charge >= 0.3 is 0 Å². The maximum Gasteiger partial charge on any atom is 0.229 e. The van der Waals surface area contributed by atoms with Gasteiger partial charge in [0, 0.05) is 19.4 Å². The van der Waals surface area contributed by atoms with Crippen molar-refractivity contribution in [3.63, 3.8) is 0 Å². The lowest BCUT2D eigenvalue weighted by Gasteiger charge is -2.37. The summed E-state index contributed by atoms with van der Waals surface area (Å²) < 4.78 is 0. The minimum atomic E-state index is -0.635. The van der Waals surface area contributed by atoms with Gasteiger partial charge in [0.15, 0.2) is 0 Å². The van der Waals surface area contributed by atoms with E-state index in [0.29, 0.717) is 25.8 Å². The standard InChI is InChI=1S/C18H23NO3/c20-15(14-6-2-1-3-7-14)8-11-19-16(21)12-18(13-17(19)22)9-4-5-10-18/h1-3,6-7,15,20H,4-5,8-13H2/t15-/m1/s1. The molecule has 2 aliphatic rings. The van der Waals surface area contributed by atoms with Gasteiger partial charge in [0.05, 0.1) is 6.10 Å². The second-order valence-electron chi connectivity index (χ2n) is 6.71. The first-order valence-electron chi connectivity index (χ1n) is 8.16. The van der Waals surface area contributed by atoms with Gasteiger partial charge in [0.2, 0.25) is 11.8 Å². The summed E-state index contributed by atoms with van der Waals surface area (Å²) in [6.07, 6.45) is 5.04. The highest BCUT2D eigenvalue weighted by molar-refractivity contribution is 5.98. The molecule has 1 aromatic rings. The molecule has 2 fully saturated rings. The van der Waals surface area contributed by atoms with Crippen LogP contribution in [0.25, 0.3) is 0 Å². The normalized spacial score (nSPS) is 22.3. The van der Waals surface area contributed by atoms with Crippen LogP contribution in [-0.2, 0) is 9.59 Å². The fraction of sp³-hybridized carbons (Fsp3) is 0.556. The third-order valence-electron chi connectivity index (χ3n) is 5.13. The molecule has 4 nitrogen and oxygen atoms in total. The topological polar surface area (TPSA) is 57.6 Å². The van der Waals surface area contributed by atoms with Gasteiger partial charge in [-0.1, -0.05) is 43.2 Å². The maximum atomic E-state index is 12.3. The summed E-state index contributed by atoms with van der Waals surface area (Å²) >= 11 is 0. The molecule has 4 heteroatoms. The number of aliphatic hydroxyl groups excluding tert-OH is 1. The number of piperidine rings is 1. The second-order valence-corrected chi connectivity index (χ2v) is 6.71. The Hall–Kier alpha value is -1.68. The lowest BCUT2D eigenvalue weighted by atomic mass is 9.76. The summed E-state index contributed by atoms with van der Waals surface area (Å²) in [6, 6.07) is 9.37. The molecule has 1 heterocycles. The molecule has 0 bridgehead atoms. The van der Waals surface area contributed by atoms with Gasteiger partial charge in [-0.15, -0.1) is 0 Å². The number of amides is 2. The molecule has 22 heavy (non-hydrogen) atoms. The molecular formula is C18H23NO3. The molecule has 1 aromatic carbocycles. The highest BCUT2D eigenvalue weighted by Gasteiger charge is 2.44. The first-order chi connectivity index (χ1) is 10.6. The van der Waals surface area contributed by atoms with Crippen molar-refractivity contribution in [1.82, 2.24) is 4.90 Å². The van der Waals surface area contributed by atoms with Crippen LogP contribution >= 0.6 is 0 Å². The molecule has 1 atom stereocenters. The summed E-state index contributed by atoms with van der Waals surface area (Å²) in [5, 5.41) is 10.2. The first-order valence-corrected chi connectivity index (χ1v) is 8.16. The summed E-state index contributed by atoms with van der Waals surface area (Å²) in [5.41, 5.74) is 0.773. The number of benzene rings is 1. The minimum absolute atomic E-state index is 0.0529. The van der Waals surface area contributed by atoms with E-state index in [1.165, 1.54) is 4.90 Å². The van der Waals surface area contributed by atoms with E-state index in [1.54, 1.807) is 0 Å². The predicted octanol–water partition coefficient (Wildman–Crippen LogP) is 2.82. The summed E-state index contributed by atoms with van der Waals surface area (Å²) in [5.74, 6) is -0.114. The highest BCUT2D eigenvalue weighted by Crippen LogP contribution is 2.46. The number of hydrogen-bond donors (Lipinski definition) is 1. The van der Waals surface area contributed by atoms with Crippen LogP contribution in [0.4, 0.5) is 0 Å². The number of hydrogen-bond acceptors (Lipinski definition) is 3. The summed E-state index contributed by atoms with van der Waals surface area (Å²) in [7, 11) is 0. The number of likely N-dealkylation sites (tertiary alicyclic amines) is 1. The lowest BCUT2D eigenvalue weighted by molar-refractivity contribution is -0.153. The van der Waals surface area contributed by atoms with Crippen molar-refractivity contribution < 1.29 is 14.7 Å². The van der Waals surface area contributed by atoms with Gasteiger partial charge in [-0.05, 0) is 30.2 Å². The van der Waals surface area contributed by atoms with Gasteiger partial charge in [-0.25, -0.2) is 0 Å². The molecule has 1 aliphatic carbocycles. The van der Waals surface area contributed by atoms with Crippen LogP contribution in [0.15, 0.2) is 30.3 Å². The van der Waals surface area contributed by atoms with E-state index in [1.807, 2.05) is 30.3 Å². The Labute approximate surface area is 131 Å². The summed E-state index contributed by atoms with van der Waals surface area (Å²) in [4.78, 5) is 26.0. The molecule has 118 valence electrons. The van der Waals surface area contributed by atoms with Gasteiger partial charge in [0.1, 0.15) is 0 Å². The molecule has 0 unspecified atom stereocenters. The molecular weight excluding hydrogens is 278 g/mol. The fourth-order valence-electron chi connectivity index (χ4n) is 3.86. The van der Waals surface area contributed by atoms with Crippen molar-refractivity contribution in [3.8, 4) is 0 Å². The van der Waals surface area contributed by atoms with Crippen molar-refractivity contribution in [3.05, 3.63) is 35.9 Å². The second kappa shape index (κ2) is 6.21. The van der Waals surface area contributed by atoms with Crippen LogP contribution in [0.2, 0.25) is 0 Å². The Bertz CT molecular complexity index is 529. The third-order valence-corrected chi connectivity index (χ3v) is 5.13. The molecule has 1 N–H and O–H groups in total. The van der Waals surface area contributed by atoms with Crippen molar-refractivity contribution >= 4 is 11.8 Å². The van der Waals surface area contributed by atoms with Crippen LogP contribution in [0.1, 0.15) is 56.6 Å². The maximum absolute atomic E-state index is 12.3. The zero-order valence-corrected chi connectivity index (χ0v) is 12.8. The quantitative estimate of drug-likeness (QED) is 0.870. The Morgan fingerprint density at radius 1 is 1.05 bits per heavy atom. The number of rotatable bonds is 4. The molecule has 0 aromatic heterocycles. The van der Waals surface area contributed by atoms with Crippen LogP contribution < -0.4 is 0 Å². The van der Waals surface area contributed by atoms with Gasteiger partial charge < -0.3 is 5.11 Å². The predicted molar refractivity (Wildman–Crippen MR) is 82.9 cm³/mol. The SMILES string of the molecule is O=C1CC2(CCCC2)CC(=O)N1CC[C@@H](O)c1ccccc1. The van der Waals surface area contributed by atoms with Crippen molar-refractivity contribution in [2.75, 3.05) is 6.54 Å². The summed E-state index contributed by atoms with van der Waals surface area (Å²) in [6.45, 7) is 0.309. The number of carbonyl (C=O) groups excluding carboxylic acids is 2. The fourth-order valence-corrected chi connectivity index (χ4v) is 3.86. The van der Waals surface area contributed by atoms with E-state index in [2.05, 4.69) is 0 Å². The highest BCUT2D eigenvalue weighted by atomic mass is 16.3. The van der Waals surface area contributed by atoms with Gasteiger partial charge in [0.25, 0.3) is 0 Å². The van der Waals surface area contributed by atoms with E-state index in [4.69, 9.17) is 0 Å². The molecule has 1 saturated carbocycles. The van der Waals surface area contributed by atoms with Gasteiger partial charge in [-0.3, -0.25) is 14.5 Å². The molecule has 3 rings (SSSR count). The Kier molecular flexibility index (Phi) is 4.30. The van der Waals surface area contributed by atoms with Crippen molar-refractivity contribution in [2.45, 2.75) is 51.0 Å². The van der Waals surface area contributed by atoms with E-state index in [9.17, 15) is 14.7 Å². The molecule has 1 aliphatic heterocycles. The molecule has 0 radical (unpaired) electrons. The zero-order valence-electron chi connectivity index (χ0n) is 12.8. The van der Waals surface area contributed by atoms with E-state index >= 15 is 0 Å². The average Bonchev–Trinajstić information content (AvgIpc) is 2.94. The van der Waals surface area contributed by atoms with Crippen molar-refractivity contribution in [1.29, 1.82) is 0 Å². The van der Waals surface area contributed by atoms with Gasteiger partial charge in [-0.2, -0.15) is 0 Å². The monoisotopic (exact) mass is 301 g/mol. The molecule has 2 amide bonds. The lowest BCUT2D eigenvalue weighted by Crippen LogP contribution is -2.47. The van der Waals surface area contributed by atoms with E-state index in [0.717, 1.165) is 31.2 Å². The minimum Gasteiger partial charge on any atom is -0.388 e. The van der Waals surface area contributed by atoms with E-state index in [-0.39, 0.29) is 17.2 Å². The zero-order chi connectivity index (χ0) is 15.6. The number of imide groups is 1. The van der Waals surface area contributed by atoms with Crippen LogP contribution in [0, 0.1) is 5.41 Å². The van der Waals surface area contributed by atoms with Crippen molar-refractivity contribution in [2.24, 2.45) is 5.41 Å². The Balaban J connectivity index is 1.59. The Morgan fingerprint density at radius 2 is 1.64 bits per heavy atom.